The molecule has 4 nitrogen and oxygen atoms in total. The van der Waals surface area contributed by atoms with Crippen molar-refractivity contribution in [3.05, 3.63) is 0 Å². The highest BCUT2D eigenvalue weighted by Gasteiger charge is 2.17. The topological polar surface area (TPSA) is 48.3 Å². The van der Waals surface area contributed by atoms with Gasteiger partial charge in [0.25, 0.3) is 0 Å². The monoisotopic (exact) mass is 211 g/mol. The van der Waals surface area contributed by atoms with Crippen LogP contribution in [0.5, 0.6) is 0 Å². The second kappa shape index (κ2) is 6.78. The van der Waals surface area contributed by atoms with Crippen LogP contribution in [0.25, 0.3) is 0 Å². The van der Waals surface area contributed by atoms with Gasteiger partial charge in [-0.25, -0.2) is 0 Å². The standard InChI is InChI=1S/C11H21N3O/c1-13-11(7-12)9-14(2)8-10-3-5-15-6-4-10/h10-11,13H,3-6,8-9H2,1-2H3. The number of likely N-dealkylation sites (N-methyl/N-ethyl adjacent to an activating group) is 2. The first-order valence-electron chi connectivity index (χ1n) is 5.59. The van der Waals surface area contributed by atoms with Gasteiger partial charge >= 0.3 is 0 Å². The van der Waals surface area contributed by atoms with Gasteiger partial charge in [-0.05, 0) is 32.9 Å². The van der Waals surface area contributed by atoms with Crippen LogP contribution in [0.1, 0.15) is 12.8 Å². The van der Waals surface area contributed by atoms with Crippen molar-refractivity contribution < 1.29 is 4.74 Å². The number of nitrogens with zero attached hydrogens (tertiary/aromatic N) is 2. The van der Waals surface area contributed by atoms with Crippen LogP contribution in [0.2, 0.25) is 0 Å². The SMILES string of the molecule is CNC(C#N)CN(C)CC1CCOCC1. The van der Waals surface area contributed by atoms with Crippen molar-refractivity contribution in [2.24, 2.45) is 5.92 Å². The molecule has 0 saturated carbocycles. The fourth-order valence-electron chi connectivity index (χ4n) is 1.95. The van der Waals surface area contributed by atoms with Crippen LogP contribution in [-0.2, 0) is 4.74 Å². The molecule has 1 saturated heterocycles. The summed E-state index contributed by atoms with van der Waals surface area (Å²) < 4.78 is 5.32. The van der Waals surface area contributed by atoms with Gasteiger partial charge in [-0.1, -0.05) is 0 Å². The van der Waals surface area contributed by atoms with E-state index in [0.717, 1.165) is 45.1 Å². The number of rotatable bonds is 5. The van der Waals surface area contributed by atoms with E-state index in [1.165, 1.54) is 0 Å². The molecular weight excluding hydrogens is 190 g/mol. The summed E-state index contributed by atoms with van der Waals surface area (Å²) in [6.45, 7) is 3.66. The van der Waals surface area contributed by atoms with Gasteiger partial charge in [0, 0.05) is 26.3 Å². The van der Waals surface area contributed by atoms with Crippen LogP contribution in [0, 0.1) is 17.2 Å². The van der Waals surface area contributed by atoms with E-state index < -0.39 is 0 Å². The maximum atomic E-state index is 8.82. The average Bonchev–Trinajstić information content (AvgIpc) is 2.27. The molecule has 1 fully saturated rings. The second-order valence-corrected chi connectivity index (χ2v) is 4.25. The Kier molecular flexibility index (Phi) is 5.62. The molecule has 0 amide bonds. The number of nitrogens with one attached hydrogen (secondary N) is 1. The lowest BCUT2D eigenvalue weighted by atomic mass is 10.00. The molecule has 15 heavy (non-hydrogen) atoms. The zero-order valence-electron chi connectivity index (χ0n) is 9.70. The van der Waals surface area contributed by atoms with Crippen molar-refractivity contribution >= 4 is 0 Å². The number of hydrogen-bond acceptors (Lipinski definition) is 4. The van der Waals surface area contributed by atoms with Crippen molar-refractivity contribution in [3.8, 4) is 6.07 Å². The molecule has 0 bridgehead atoms. The number of hydrogen-bond donors (Lipinski definition) is 1. The van der Waals surface area contributed by atoms with Crippen LogP contribution >= 0.6 is 0 Å². The van der Waals surface area contributed by atoms with Crippen molar-refractivity contribution in [1.29, 1.82) is 5.26 Å². The second-order valence-electron chi connectivity index (χ2n) is 4.25. The Morgan fingerprint density at radius 3 is 2.73 bits per heavy atom. The van der Waals surface area contributed by atoms with Crippen LogP contribution < -0.4 is 5.32 Å². The lowest BCUT2D eigenvalue weighted by Gasteiger charge is -2.27. The minimum absolute atomic E-state index is 0.0603. The van der Waals surface area contributed by atoms with E-state index in [9.17, 15) is 0 Å². The van der Waals surface area contributed by atoms with E-state index in [1.54, 1.807) is 0 Å². The zero-order chi connectivity index (χ0) is 11.1. The Labute approximate surface area is 92.2 Å². The number of nitriles is 1. The first-order chi connectivity index (χ1) is 7.26. The Morgan fingerprint density at radius 2 is 2.20 bits per heavy atom. The lowest BCUT2D eigenvalue weighted by molar-refractivity contribution is 0.0553. The van der Waals surface area contributed by atoms with E-state index >= 15 is 0 Å². The summed E-state index contributed by atoms with van der Waals surface area (Å²) in [4.78, 5) is 2.24. The Balaban J connectivity index is 2.22. The summed E-state index contributed by atoms with van der Waals surface area (Å²) in [5.41, 5.74) is 0. The molecule has 1 rings (SSSR count). The van der Waals surface area contributed by atoms with Crippen LogP contribution in [0.15, 0.2) is 0 Å². The van der Waals surface area contributed by atoms with Gasteiger partial charge < -0.3 is 15.0 Å². The summed E-state index contributed by atoms with van der Waals surface area (Å²) in [6.07, 6.45) is 2.31. The van der Waals surface area contributed by atoms with Gasteiger partial charge in [0.15, 0.2) is 0 Å². The van der Waals surface area contributed by atoms with Crippen LogP contribution in [-0.4, -0.2) is 51.3 Å². The molecular formula is C11H21N3O. The van der Waals surface area contributed by atoms with Gasteiger partial charge in [-0.15, -0.1) is 0 Å². The highest BCUT2D eigenvalue weighted by molar-refractivity contribution is 4.90. The maximum Gasteiger partial charge on any atom is 0.108 e. The Bertz CT molecular complexity index is 208. The normalized spacial score (nSPS) is 20.1. The van der Waals surface area contributed by atoms with Gasteiger partial charge in [0.2, 0.25) is 0 Å². The molecule has 1 heterocycles. The van der Waals surface area contributed by atoms with Crippen molar-refractivity contribution in [2.45, 2.75) is 18.9 Å². The molecule has 86 valence electrons. The fraction of sp³-hybridized carbons (Fsp3) is 0.909. The molecule has 1 aliphatic rings. The molecule has 4 heteroatoms. The molecule has 1 atom stereocenters. The Hall–Kier alpha value is -0.630. The highest BCUT2D eigenvalue weighted by Crippen LogP contribution is 2.15. The minimum Gasteiger partial charge on any atom is -0.381 e. The van der Waals surface area contributed by atoms with Crippen molar-refractivity contribution in [2.75, 3.05) is 40.4 Å². The molecule has 0 radical (unpaired) electrons. The smallest absolute Gasteiger partial charge is 0.108 e. The van der Waals surface area contributed by atoms with E-state index in [2.05, 4.69) is 23.3 Å². The molecule has 0 aromatic rings. The van der Waals surface area contributed by atoms with Gasteiger partial charge in [-0.3, -0.25) is 0 Å². The van der Waals surface area contributed by atoms with E-state index in [-0.39, 0.29) is 6.04 Å². The highest BCUT2D eigenvalue weighted by atomic mass is 16.5. The summed E-state index contributed by atoms with van der Waals surface area (Å²) in [6, 6.07) is 2.18. The largest absolute Gasteiger partial charge is 0.381 e. The summed E-state index contributed by atoms with van der Waals surface area (Å²) in [5.74, 6) is 0.736. The molecule has 0 aromatic heterocycles. The first-order valence-corrected chi connectivity index (χ1v) is 5.59. The van der Waals surface area contributed by atoms with E-state index in [1.807, 2.05) is 7.05 Å². The molecule has 1 N–H and O–H groups in total. The van der Waals surface area contributed by atoms with E-state index in [0.29, 0.717) is 0 Å². The Morgan fingerprint density at radius 1 is 1.53 bits per heavy atom. The predicted octanol–water partition coefficient (Wildman–Crippen LogP) is 0.456. The third kappa shape index (κ3) is 4.61. The van der Waals surface area contributed by atoms with Crippen LogP contribution in [0.3, 0.4) is 0 Å². The van der Waals surface area contributed by atoms with Gasteiger partial charge in [-0.2, -0.15) is 5.26 Å². The molecule has 1 unspecified atom stereocenters. The summed E-state index contributed by atoms with van der Waals surface area (Å²) in [7, 11) is 3.91. The third-order valence-corrected chi connectivity index (χ3v) is 2.91. The molecule has 0 spiro atoms. The number of ether oxygens (including phenoxy) is 1. The molecule has 1 aliphatic heterocycles. The zero-order valence-corrected chi connectivity index (χ0v) is 9.70. The van der Waals surface area contributed by atoms with E-state index in [4.69, 9.17) is 10.00 Å². The molecule has 0 aliphatic carbocycles. The quantitative estimate of drug-likeness (QED) is 0.717. The maximum absolute atomic E-state index is 8.82. The predicted molar refractivity (Wildman–Crippen MR) is 59.5 cm³/mol. The minimum atomic E-state index is -0.0603. The van der Waals surface area contributed by atoms with Crippen LogP contribution in [0.4, 0.5) is 0 Å². The average molecular weight is 211 g/mol. The summed E-state index contributed by atoms with van der Waals surface area (Å²) >= 11 is 0. The van der Waals surface area contributed by atoms with Crippen molar-refractivity contribution in [3.63, 3.8) is 0 Å². The lowest BCUT2D eigenvalue weighted by Crippen LogP contribution is -2.39. The first kappa shape index (κ1) is 12.4. The summed E-state index contributed by atoms with van der Waals surface area (Å²) in [5, 5.41) is 11.8. The molecule has 0 aromatic carbocycles. The third-order valence-electron chi connectivity index (χ3n) is 2.91. The van der Waals surface area contributed by atoms with Gasteiger partial charge in [0.05, 0.1) is 6.07 Å². The fourth-order valence-corrected chi connectivity index (χ4v) is 1.95. The van der Waals surface area contributed by atoms with Crippen molar-refractivity contribution in [1.82, 2.24) is 10.2 Å². The van der Waals surface area contributed by atoms with Gasteiger partial charge in [0.1, 0.15) is 6.04 Å².